The summed E-state index contributed by atoms with van der Waals surface area (Å²) >= 11 is 0. The lowest BCUT2D eigenvalue weighted by molar-refractivity contribution is 0.562. The molecule has 0 heterocycles. The summed E-state index contributed by atoms with van der Waals surface area (Å²) in [6, 6.07) is 13.7. The predicted molar refractivity (Wildman–Crippen MR) is 78.3 cm³/mol. The van der Waals surface area contributed by atoms with E-state index in [2.05, 4.69) is 6.07 Å². The van der Waals surface area contributed by atoms with Crippen LogP contribution in [-0.2, 0) is 17.2 Å². The van der Waals surface area contributed by atoms with E-state index in [1.165, 1.54) is 17.7 Å². The lowest BCUT2D eigenvalue weighted by Gasteiger charge is -2.30. The molecule has 3 rings (SSSR count). The summed E-state index contributed by atoms with van der Waals surface area (Å²) in [5.74, 6) is -0.361. The molecule has 0 fully saturated rings. The fraction of sp³-hybridized carbons (Fsp3) is 0.250. The number of hydrogen-bond donors (Lipinski definition) is 1. The van der Waals surface area contributed by atoms with Gasteiger partial charge >= 0.3 is 0 Å². The van der Waals surface area contributed by atoms with Crippen LogP contribution in [0.3, 0.4) is 0 Å². The second-order valence-electron chi connectivity index (χ2n) is 5.06. The molecule has 0 amide bonds. The summed E-state index contributed by atoms with van der Waals surface area (Å²) in [4.78, 5) is 0.518. The number of halogens is 1. The van der Waals surface area contributed by atoms with Gasteiger partial charge in [0.15, 0.2) is 0 Å². The third-order valence-electron chi connectivity index (χ3n) is 3.82. The minimum absolute atomic E-state index is 0.160. The number of nitrogens with two attached hydrogens (primary N) is 1. The Morgan fingerprint density at radius 1 is 1.15 bits per heavy atom. The number of rotatable bonds is 2. The Bertz CT molecular complexity index is 658. The smallest absolute Gasteiger partial charge is 0.124 e. The van der Waals surface area contributed by atoms with Crippen LogP contribution in [0, 0.1) is 5.82 Å². The van der Waals surface area contributed by atoms with E-state index < -0.39 is 10.8 Å². The molecule has 104 valence electrons. The van der Waals surface area contributed by atoms with Gasteiger partial charge < -0.3 is 5.73 Å². The van der Waals surface area contributed by atoms with E-state index in [1.807, 2.05) is 18.2 Å². The van der Waals surface area contributed by atoms with Crippen molar-refractivity contribution in [2.24, 2.45) is 5.73 Å². The fourth-order valence-electron chi connectivity index (χ4n) is 2.77. The van der Waals surface area contributed by atoms with Crippen molar-refractivity contribution in [2.45, 2.75) is 29.0 Å². The number of aryl methyl sites for hydroxylation is 1. The summed E-state index contributed by atoms with van der Waals surface area (Å²) in [6.45, 7) is 0. The topological polar surface area (TPSA) is 43.1 Å². The molecule has 0 saturated heterocycles. The standard InChI is InChI=1S/C16H16FNOS/c17-12-5-3-6-13(10-12)20(19)15-9-8-11-4-1-2-7-14(11)16(15)18/h1-7,10,15-16H,8-9,18H2. The van der Waals surface area contributed by atoms with E-state index in [-0.39, 0.29) is 17.1 Å². The number of fused-ring (bicyclic) bond motifs is 1. The Hall–Kier alpha value is -1.52. The normalized spacial score (nSPS) is 23.1. The van der Waals surface area contributed by atoms with E-state index in [4.69, 9.17) is 5.73 Å². The Morgan fingerprint density at radius 3 is 2.75 bits per heavy atom. The SMILES string of the molecule is NC1c2ccccc2CCC1S(=O)c1cccc(F)c1. The number of hydrogen-bond acceptors (Lipinski definition) is 2. The van der Waals surface area contributed by atoms with E-state index in [1.54, 1.807) is 12.1 Å². The minimum atomic E-state index is -1.28. The Kier molecular flexibility index (Phi) is 3.68. The van der Waals surface area contributed by atoms with Crippen LogP contribution in [0.5, 0.6) is 0 Å². The first-order valence-electron chi connectivity index (χ1n) is 6.66. The Labute approximate surface area is 120 Å². The van der Waals surface area contributed by atoms with Gasteiger partial charge in [0, 0.05) is 10.9 Å². The van der Waals surface area contributed by atoms with Gasteiger partial charge in [-0.05, 0) is 42.2 Å². The van der Waals surface area contributed by atoms with Crippen molar-refractivity contribution in [2.75, 3.05) is 0 Å². The zero-order chi connectivity index (χ0) is 14.1. The van der Waals surface area contributed by atoms with Crippen molar-refractivity contribution in [3.8, 4) is 0 Å². The van der Waals surface area contributed by atoms with Crippen molar-refractivity contribution in [3.05, 3.63) is 65.5 Å². The van der Waals surface area contributed by atoms with Crippen LogP contribution in [-0.4, -0.2) is 9.46 Å². The quantitative estimate of drug-likeness (QED) is 0.923. The van der Waals surface area contributed by atoms with E-state index >= 15 is 0 Å². The molecule has 0 aliphatic heterocycles. The monoisotopic (exact) mass is 289 g/mol. The van der Waals surface area contributed by atoms with Crippen molar-refractivity contribution in [1.82, 2.24) is 0 Å². The van der Waals surface area contributed by atoms with Crippen LogP contribution < -0.4 is 5.73 Å². The molecule has 2 aromatic carbocycles. The van der Waals surface area contributed by atoms with Crippen LogP contribution >= 0.6 is 0 Å². The second-order valence-corrected chi connectivity index (χ2v) is 6.73. The molecule has 20 heavy (non-hydrogen) atoms. The molecule has 0 saturated carbocycles. The highest BCUT2D eigenvalue weighted by atomic mass is 32.2. The zero-order valence-electron chi connectivity index (χ0n) is 11.0. The summed E-state index contributed by atoms with van der Waals surface area (Å²) in [6.07, 6.45) is 1.64. The minimum Gasteiger partial charge on any atom is -0.323 e. The molecule has 3 unspecified atom stereocenters. The molecule has 1 aliphatic carbocycles. The highest BCUT2D eigenvalue weighted by Gasteiger charge is 2.31. The molecule has 2 N–H and O–H groups in total. The van der Waals surface area contributed by atoms with Crippen molar-refractivity contribution < 1.29 is 8.60 Å². The van der Waals surface area contributed by atoms with Crippen LogP contribution in [0.4, 0.5) is 4.39 Å². The maximum Gasteiger partial charge on any atom is 0.124 e. The van der Waals surface area contributed by atoms with Crippen molar-refractivity contribution >= 4 is 10.8 Å². The molecular weight excluding hydrogens is 273 g/mol. The number of benzene rings is 2. The van der Waals surface area contributed by atoms with Gasteiger partial charge in [-0.3, -0.25) is 4.21 Å². The largest absolute Gasteiger partial charge is 0.323 e. The fourth-order valence-corrected chi connectivity index (χ4v) is 4.31. The molecular formula is C16H16FNOS. The van der Waals surface area contributed by atoms with Crippen molar-refractivity contribution in [1.29, 1.82) is 0 Å². The van der Waals surface area contributed by atoms with Gasteiger partial charge in [0.2, 0.25) is 0 Å². The average molecular weight is 289 g/mol. The average Bonchev–Trinajstić information content (AvgIpc) is 2.47. The molecule has 0 radical (unpaired) electrons. The van der Waals surface area contributed by atoms with Crippen LogP contribution in [0.2, 0.25) is 0 Å². The van der Waals surface area contributed by atoms with Crippen molar-refractivity contribution in [3.63, 3.8) is 0 Å². The lowest BCUT2D eigenvalue weighted by atomic mass is 9.88. The van der Waals surface area contributed by atoms with Crippen LogP contribution in [0.1, 0.15) is 23.6 Å². The first kappa shape index (κ1) is 13.5. The first-order valence-corrected chi connectivity index (χ1v) is 7.87. The molecule has 0 aromatic heterocycles. The van der Waals surface area contributed by atoms with Crippen LogP contribution in [0.25, 0.3) is 0 Å². The van der Waals surface area contributed by atoms with Gasteiger partial charge in [-0.2, -0.15) is 0 Å². The van der Waals surface area contributed by atoms with Gasteiger partial charge in [-0.15, -0.1) is 0 Å². The molecule has 4 heteroatoms. The van der Waals surface area contributed by atoms with Gasteiger partial charge in [0.05, 0.1) is 16.0 Å². The van der Waals surface area contributed by atoms with Gasteiger partial charge in [0.25, 0.3) is 0 Å². The highest BCUT2D eigenvalue weighted by Crippen LogP contribution is 2.33. The maximum atomic E-state index is 13.3. The summed E-state index contributed by atoms with van der Waals surface area (Å²) in [7, 11) is -1.28. The zero-order valence-corrected chi connectivity index (χ0v) is 11.8. The van der Waals surface area contributed by atoms with Gasteiger partial charge in [-0.25, -0.2) is 4.39 Å². The van der Waals surface area contributed by atoms with E-state index in [0.29, 0.717) is 4.90 Å². The molecule has 1 aliphatic rings. The molecule has 2 aromatic rings. The highest BCUT2D eigenvalue weighted by molar-refractivity contribution is 7.85. The summed E-state index contributed by atoms with van der Waals surface area (Å²) in [5.41, 5.74) is 8.57. The molecule has 2 nitrogen and oxygen atoms in total. The van der Waals surface area contributed by atoms with Crippen LogP contribution in [0.15, 0.2) is 53.4 Å². The first-order chi connectivity index (χ1) is 9.66. The van der Waals surface area contributed by atoms with Gasteiger partial charge in [0.1, 0.15) is 5.82 Å². The maximum absolute atomic E-state index is 13.3. The predicted octanol–water partition coefficient (Wildman–Crippen LogP) is 2.95. The molecule has 0 bridgehead atoms. The van der Waals surface area contributed by atoms with E-state index in [9.17, 15) is 8.60 Å². The summed E-state index contributed by atoms with van der Waals surface area (Å²) in [5, 5.41) is -0.160. The third-order valence-corrected chi connectivity index (χ3v) is 5.61. The lowest BCUT2D eigenvalue weighted by Crippen LogP contribution is -2.34. The molecule has 3 atom stereocenters. The Balaban J connectivity index is 1.91. The molecule has 0 spiro atoms. The summed E-state index contributed by atoms with van der Waals surface area (Å²) < 4.78 is 25.9. The Morgan fingerprint density at radius 2 is 1.95 bits per heavy atom. The third kappa shape index (κ3) is 2.41. The second kappa shape index (κ2) is 5.46. The van der Waals surface area contributed by atoms with E-state index in [0.717, 1.165) is 18.4 Å². The van der Waals surface area contributed by atoms with Gasteiger partial charge in [-0.1, -0.05) is 30.3 Å².